The molecule has 0 spiro atoms. The predicted molar refractivity (Wildman–Crippen MR) is 257 cm³/mol. The molecular formula is C54H104O6. The molecule has 6 heteroatoms. The van der Waals surface area contributed by atoms with Crippen molar-refractivity contribution >= 4 is 17.9 Å². The first-order valence-corrected chi connectivity index (χ1v) is 26.9. The molecule has 0 heterocycles. The largest absolute Gasteiger partial charge is 0.462 e. The van der Waals surface area contributed by atoms with Gasteiger partial charge in [0.15, 0.2) is 6.10 Å². The molecule has 0 bridgehead atoms. The van der Waals surface area contributed by atoms with Crippen molar-refractivity contribution in [3.05, 3.63) is 0 Å². The van der Waals surface area contributed by atoms with Gasteiger partial charge in [-0.2, -0.15) is 0 Å². The van der Waals surface area contributed by atoms with Gasteiger partial charge in [0, 0.05) is 19.3 Å². The first-order chi connectivity index (χ1) is 29.4. The molecule has 6 nitrogen and oxygen atoms in total. The lowest BCUT2D eigenvalue weighted by molar-refractivity contribution is -0.167. The number of carbonyl (C=O) groups excluding carboxylic acids is 3. The highest BCUT2D eigenvalue weighted by Gasteiger charge is 2.19. The second-order valence-electron chi connectivity index (χ2n) is 19.0. The molecule has 0 aromatic carbocycles. The topological polar surface area (TPSA) is 78.9 Å². The Morgan fingerprint density at radius 3 is 0.817 bits per heavy atom. The van der Waals surface area contributed by atoms with Crippen LogP contribution in [-0.4, -0.2) is 37.2 Å². The highest BCUT2D eigenvalue weighted by molar-refractivity contribution is 5.71. The van der Waals surface area contributed by atoms with E-state index in [-0.39, 0.29) is 31.1 Å². The number of hydrogen-bond acceptors (Lipinski definition) is 6. The number of rotatable bonds is 49. The zero-order chi connectivity index (χ0) is 43.8. The Hall–Kier alpha value is -1.59. The van der Waals surface area contributed by atoms with Gasteiger partial charge >= 0.3 is 17.9 Å². The molecule has 0 fully saturated rings. The number of ether oxygens (including phenoxy) is 3. The van der Waals surface area contributed by atoms with Gasteiger partial charge in [0.25, 0.3) is 0 Å². The molecule has 0 saturated carbocycles. The zero-order valence-electron chi connectivity index (χ0n) is 40.9. The van der Waals surface area contributed by atoms with Crippen LogP contribution < -0.4 is 0 Å². The molecule has 356 valence electrons. The van der Waals surface area contributed by atoms with Crippen LogP contribution in [0.5, 0.6) is 0 Å². The summed E-state index contributed by atoms with van der Waals surface area (Å²) in [6.07, 6.45) is 50.8. The van der Waals surface area contributed by atoms with Crippen LogP contribution in [-0.2, 0) is 28.6 Å². The standard InChI is InChI=1S/C54H104O6/c1-5-7-9-11-13-15-17-21-26-30-34-38-42-46-53(56)59-49-51(48-58-52(55)45-41-37-33-29-24-16-14-12-10-8-6-2)60-54(57)47-43-39-35-31-27-23-20-18-19-22-25-28-32-36-40-44-50(3)4/h50-51H,5-49H2,1-4H3/t51-/m1/s1. The van der Waals surface area contributed by atoms with E-state index in [0.29, 0.717) is 19.3 Å². The van der Waals surface area contributed by atoms with Crippen LogP contribution in [0.15, 0.2) is 0 Å². The molecule has 1 atom stereocenters. The van der Waals surface area contributed by atoms with Crippen LogP contribution in [0, 0.1) is 5.92 Å². The van der Waals surface area contributed by atoms with E-state index in [1.165, 1.54) is 199 Å². The molecule has 0 aromatic rings. The summed E-state index contributed by atoms with van der Waals surface area (Å²) >= 11 is 0. The van der Waals surface area contributed by atoms with Crippen LogP contribution in [0.3, 0.4) is 0 Å². The second-order valence-corrected chi connectivity index (χ2v) is 19.0. The number of unbranched alkanes of at least 4 members (excludes halogenated alkanes) is 36. The van der Waals surface area contributed by atoms with Crippen molar-refractivity contribution in [3.8, 4) is 0 Å². The Balaban J connectivity index is 4.27. The Kier molecular flexibility index (Phi) is 47.2. The Labute approximate surface area is 374 Å². The average Bonchev–Trinajstić information content (AvgIpc) is 3.23. The third kappa shape index (κ3) is 47.5. The van der Waals surface area contributed by atoms with E-state index in [2.05, 4.69) is 27.7 Å². The molecule has 0 aliphatic rings. The molecule has 0 aromatic heterocycles. The van der Waals surface area contributed by atoms with Gasteiger partial charge in [0.1, 0.15) is 13.2 Å². The highest BCUT2D eigenvalue weighted by Crippen LogP contribution is 2.17. The number of carbonyl (C=O) groups is 3. The van der Waals surface area contributed by atoms with Gasteiger partial charge in [-0.3, -0.25) is 14.4 Å². The van der Waals surface area contributed by atoms with Crippen molar-refractivity contribution in [2.75, 3.05) is 13.2 Å². The van der Waals surface area contributed by atoms with Crippen molar-refractivity contribution in [3.63, 3.8) is 0 Å². The normalized spacial score (nSPS) is 11.9. The molecule has 0 unspecified atom stereocenters. The lowest BCUT2D eigenvalue weighted by atomic mass is 10.0. The first-order valence-electron chi connectivity index (χ1n) is 26.9. The summed E-state index contributed by atoms with van der Waals surface area (Å²) < 4.78 is 16.8. The van der Waals surface area contributed by atoms with E-state index >= 15 is 0 Å². The quantitative estimate of drug-likeness (QED) is 0.0345. The monoisotopic (exact) mass is 849 g/mol. The summed E-state index contributed by atoms with van der Waals surface area (Å²) in [7, 11) is 0. The van der Waals surface area contributed by atoms with Gasteiger partial charge in [-0.15, -0.1) is 0 Å². The Morgan fingerprint density at radius 1 is 0.317 bits per heavy atom. The van der Waals surface area contributed by atoms with Gasteiger partial charge in [-0.05, 0) is 25.2 Å². The fourth-order valence-corrected chi connectivity index (χ4v) is 8.22. The van der Waals surface area contributed by atoms with E-state index in [4.69, 9.17) is 14.2 Å². The summed E-state index contributed by atoms with van der Waals surface area (Å²) in [5.41, 5.74) is 0. The molecule has 0 aliphatic heterocycles. The molecule has 0 saturated heterocycles. The van der Waals surface area contributed by atoms with Crippen LogP contribution >= 0.6 is 0 Å². The minimum atomic E-state index is -0.760. The molecule has 0 radical (unpaired) electrons. The Bertz CT molecular complexity index is 903. The molecule has 0 rings (SSSR count). The van der Waals surface area contributed by atoms with Crippen LogP contribution in [0.4, 0.5) is 0 Å². The summed E-state index contributed by atoms with van der Waals surface area (Å²) in [6, 6.07) is 0. The average molecular weight is 849 g/mol. The number of esters is 3. The SMILES string of the molecule is CCCCCCCCCCCCCCCC(=O)OC[C@@H](COC(=O)CCCCCCCCCCCCC)OC(=O)CCCCCCCCCCCCCCCCCC(C)C. The van der Waals surface area contributed by atoms with Crippen LogP contribution in [0.25, 0.3) is 0 Å². The van der Waals surface area contributed by atoms with E-state index in [1.54, 1.807) is 0 Å². The smallest absolute Gasteiger partial charge is 0.306 e. The first kappa shape index (κ1) is 58.4. The third-order valence-corrected chi connectivity index (χ3v) is 12.3. The van der Waals surface area contributed by atoms with Gasteiger partial charge in [-0.25, -0.2) is 0 Å². The van der Waals surface area contributed by atoms with Crippen molar-refractivity contribution < 1.29 is 28.6 Å². The fraction of sp³-hybridized carbons (Fsp3) is 0.944. The Morgan fingerprint density at radius 2 is 0.550 bits per heavy atom. The van der Waals surface area contributed by atoms with Gasteiger partial charge in [0.05, 0.1) is 0 Å². The van der Waals surface area contributed by atoms with Crippen LogP contribution in [0.1, 0.15) is 304 Å². The molecule has 0 N–H and O–H groups in total. The summed E-state index contributed by atoms with van der Waals surface area (Å²) in [5.74, 6) is 0.00646. The van der Waals surface area contributed by atoms with Crippen molar-refractivity contribution in [2.45, 2.75) is 310 Å². The maximum absolute atomic E-state index is 12.8. The summed E-state index contributed by atoms with van der Waals surface area (Å²) in [5, 5.41) is 0. The van der Waals surface area contributed by atoms with Crippen LogP contribution in [0.2, 0.25) is 0 Å². The molecular weight excluding hydrogens is 745 g/mol. The van der Waals surface area contributed by atoms with E-state index < -0.39 is 6.10 Å². The third-order valence-electron chi connectivity index (χ3n) is 12.3. The minimum Gasteiger partial charge on any atom is -0.462 e. The lowest BCUT2D eigenvalue weighted by Crippen LogP contribution is -2.30. The summed E-state index contributed by atoms with van der Waals surface area (Å²) in [6.45, 7) is 9.04. The summed E-state index contributed by atoms with van der Waals surface area (Å²) in [4.78, 5) is 38.0. The van der Waals surface area contributed by atoms with Crippen molar-refractivity contribution in [1.29, 1.82) is 0 Å². The molecule has 60 heavy (non-hydrogen) atoms. The minimum absolute atomic E-state index is 0.0623. The van der Waals surface area contributed by atoms with E-state index in [0.717, 1.165) is 63.7 Å². The van der Waals surface area contributed by atoms with E-state index in [1.807, 2.05) is 0 Å². The highest BCUT2D eigenvalue weighted by atomic mass is 16.6. The predicted octanol–water partition coefficient (Wildman–Crippen LogP) is 17.5. The van der Waals surface area contributed by atoms with Crippen molar-refractivity contribution in [1.82, 2.24) is 0 Å². The lowest BCUT2D eigenvalue weighted by Gasteiger charge is -2.18. The number of hydrogen-bond donors (Lipinski definition) is 0. The molecule has 0 aliphatic carbocycles. The zero-order valence-corrected chi connectivity index (χ0v) is 40.9. The fourth-order valence-electron chi connectivity index (χ4n) is 8.22. The van der Waals surface area contributed by atoms with Gasteiger partial charge < -0.3 is 14.2 Å². The molecule has 0 amide bonds. The maximum atomic E-state index is 12.8. The van der Waals surface area contributed by atoms with Crippen molar-refractivity contribution in [2.24, 2.45) is 5.92 Å². The van der Waals surface area contributed by atoms with E-state index in [9.17, 15) is 14.4 Å². The second kappa shape index (κ2) is 48.4. The van der Waals surface area contributed by atoms with Gasteiger partial charge in [-0.1, -0.05) is 265 Å². The van der Waals surface area contributed by atoms with Gasteiger partial charge in [0.2, 0.25) is 0 Å². The maximum Gasteiger partial charge on any atom is 0.306 e.